The summed E-state index contributed by atoms with van der Waals surface area (Å²) >= 11 is 3.32. The molecule has 1 aromatic heterocycles. The van der Waals surface area contributed by atoms with Crippen LogP contribution in [-0.2, 0) is 0 Å². The number of pyridine rings is 1. The van der Waals surface area contributed by atoms with E-state index in [9.17, 15) is 4.79 Å². The molecule has 2 aromatic rings. The molecule has 2 N–H and O–H groups in total. The van der Waals surface area contributed by atoms with Crippen molar-refractivity contribution in [3.8, 4) is 0 Å². The number of hydrazine groups is 1. The number of hydrogen-bond donors (Lipinski definition) is 2. The highest BCUT2D eigenvalue weighted by molar-refractivity contribution is 9.10. The molecule has 19 heavy (non-hydrogen) atoms. The molecule has 0 saturated heterocycles. The van der Waals surface area contributed by atoms with Gasteiger partial charge in [0.05, 0.1) is 11.4 Å². The maximum atomic E-state index is 11.8. The van der Waals surface area contributed by atoms with Gasteiger partial charge in [0.15, 0.2) is 0 Å². The van der Waals surface area contributed by atoms with E-state index in [1.807, 2.05) is 24.3 Å². The molecule has 0 saturated carbocycles. The lowest BCUT2D eigenvalue weighted by molar-refractivity contribution is 0.0942. The second kappa shape index (κ2) is 6.15. The quantitative estimate of drug-likeness (QED) is 0.852. The SMILES string of the molecule is C=C(NNC(=O)c1ccc(Br)cc1)c1ccccn1. The summed E-state index contributed by atoms with van der Waals surface area (Å²) in [6.45, 7) is 3.81. The van der Waals surface area contributed by atoms with Gasteiger partial charge in [0.2, 0.25) is 0 Å². The van der Waals surface area contributed by atoms with E-state index in [0.717, 1.165) is 4.47 Å². The van der Waals surface area contributed by atoms with Gasteiger partial charge in [0.25, 0.3) is 5.91 Å². The van der Waals surface area contributed by atoms with E-state index in [4.69, 9.17) is 0 Å². The largest absolute Gasteiger partial charge is 0.297 e. The summed E-state index contributed by atoms with van der Waals surface area (Å²) in [5.74, 6) is -0.232. The maximum absolute atomic E-state index is 11.8. The minimum atomic E-state index is -0.232. The van der Waals surface area contributed by atoms with E-state index in [-0.39, 0.29) is 5.91 Å². The molecule has 1 aromatic carbocycles. The Morgan fingerprint density at radius 2 is 1.84 bits per heavy atom. The first-order valence-corrected chi connectivity index (χ1v) is 6.38. The highest BCUT2D eigenvalue weighted by Gasteiger charge is 2.05. The van der Waals surface area contributed by atoms with Crippen LogP contribution in [0.15, 0.2) is 59.7 Å². The molecule has 4 nitrogen and oxygen atoms in total. The number of benzene rings is 1. The van der Waals surface area contributed by atoms with Gasteiger partial charge in [0, 0.05) is 16.2 Å². The highest BCUT2D eigenvalue weighted by atomic mass is 79.9. The van der Waals surface area contributed by atoms with Gasteiger partial charge >= 0.3 is 0 Å². The van der Waals surface area contributed by atoms with E-state index in [2.05, 4.69) is 38.3 Å². The average Bonchev–Trinajstić information content (AvgIpc) is 2.46. The molecular formula is C14H12BrN3O. The van der Waals surface area contributed by atoms with Crippen LogP contribution in [0.25, 0.3) is 5.70 Å². The Morgan fingerprint density at radius 1 is 1.11 bits per heavy atom. The molecule has 0 aliphatic heterocycles. The van der Waals surface area contributed by atoms with Crippen LogP contribution < -0.4 is 10.9 Å². The Labute approximate surface area is 119 Å². The van der Waals surface area contributed by atoms with Gasteiger partial charge in [0.1, 0.15) is 0 Å². The molecule has 0 aliphatic carbocycles. The van der Waals surface area contributed by atoms with Crippen LogP contribution >= 0.6 is 15.9 Å². The Bertz CT molecular complexity index is 581. The summed E-state index contributed by atoms with van der Waals surface area (Å²) in [7, 11) is 0. The Hall–Kier alpha value is -2.14. The van der Waals surface area contributed by atoms with E-state index in [0.29, 0.717) is 17.0 Å². The topological polar surface area (TPSA) is 54.0 Å². The average molecular weight is 318 g/mol. The molecule has 2 rings (SSSR count). The summed E-state index contributed by atoms with van der Waals surface area (Å²) in [6, 6.07) is 12.5. The molecule has 0 aliphatic rings. The lowest BCUT2D eigenvalue weighted by Crippen LogP contribution is -2.35. The van der Waals surface area contributed by atoms with E-state index in [1.165, 1.54) is 0 Å². The lowest BCUT2D eigenvalue weighted by Gasteiger charge is -2.10. The van der Waals surface area contributed by atoms with Gasteiger partial charge in [-0.1, -0.05) is 28.6 Å². The monoisotopic (exact) mass is 317 g/mol. The number of amides is 1. The van der Waals surface area contributed by atoms with Crippen LogP contribution in [0.4, 0.5) is 0 Å². The van der Waals surface area contributed by atoms with Gasteiger partial charge in [-0.25, -0.2) is 0 Å². The van der Waals surface area contributed by atoms with Crippen molar-refractivity contribution in [1.82, 2.24) is 15.8 Å². The van der Waals surface area contributed by atoms with Crippen LogP contribution in [0, 0.1) is 0 Å². The summed E-state index contributed by atoms with van der Waals surface area (Å²) in [5.41, 5.74) is 7.09. The molecule has 0 radical (unpaired) electrons. The van der Waals surface area contributed by atoms with Gasteiger partial charge < -0.3 is 0 Å². The third-order valence-electron chi connectivity index (χ3n) is 2.41. The first kappa shape index (κ1) is 13.3. The number of carbonyl (C=O) groups is 1. The van der Waals surface area contributed by atoms with E-state index >= 15 is 0 Å². The van der Waals surface area contributed by atoms with Crippen molar-refractivity contribution in [2.45, 2.75) is 0 Å². The number of halogens is 1. The Kier molecular flexibility index (Phi) is 4.30. The highest BCUT2D eigenvalue weighted by Crippen LogP contribution is 2.10. The van der Waals surface area contributed by atoms with Gasteiger partial charge in [-0.2, -0.15) is 0 Å². The second-order valence-electron chi connectivity index (χ2n) is 3.78. The van der Waals surface area contributed by atoms with Crippen molar-refractivity contribution in [2.24, 2.45) is 0 Å². The maximum Gasteiger partial charge on any atom is 0.269 e. The van der Waals surface area contributed by atoms with Crippen molar-refractivity contribution in [3.05, 3.63) is 71.0 Å². The summed E-state index contributed by atoms with van der Waals surface area (Å²) in [6.07, 6.45) is 1.67. The van der Waals surface area contributed by atoms with Gasteiger partial charge in [-0.05, 0) is 36.4 Å². The van der Waals surface area contributed by atoms with Crippen molar-refractivity contribution in [2.75, 3.05) is 0 Å². The van der Waals surface area contributed by atoms with E-state index < -0.39 is 0 Å². The van der Waals surface area contributed by atoms with Crippen LogP contribution in [0.5, 0.6) is 0 Å². The molecule has 5 heteroatoms. The van der Waals surface area contributed by atoms with Crippen molar-refractivity contribution >= 4 is 27.5 Å². The zero-order chi connectivity index (χ0) is 13.7. The third-order valence-corrected chi connectivity index (χ3v) is 2.94. The Balaban J connectivity index is 1.94. The number of nitrogens with one attached hydrogen (secondary N) is 2. The normalized spacial score (nSPS) is 9.74. The number of rotatable bonds is 4. The molecular weight excluding hydrogens is 306 g/mol. The second-order valence-corrected chi connectivity index (χ2v) is 4.70. The molecule has 0 spiro atoms. The molecule has 1 heterocycles. The summed E-state index contributed by atoms with van der Waals surface area (Å²) < 4.78 is 0.926. The molecule has 0 unspecified atom stereocenters. The van der Waals surface area contributed by atoms with Crippen LogP contribution in [0.2, 0.25) is 0 Å². The van der Waals surface area contributed by atoms with Crippen LogP contribution in [-0.4, -0.2) is 10.9 Å². The lowest BCUT2D eigenvalue weighted by atomic mass is 10.2. The third kappa shape index (κ3) is 3.66. The molecule has 0 atom stereocenters. The Morgan fingerprint density at radius 3 is 2.47 bits per heavy atom. The number of hydrogen-bond acceptors (Lipinski definition) is 3. The van der Waals surface area contributed by atoms with Gasteiger partial charge in [-0.15, -0.1) is 0 Å². The minimum absolute atomic E-state index is 0.232. The zero-order valence-corrected chi connectivity index (χ0v) is 11.6. The minimum Gasteiger partial charge on any atom is -0.297 e. The van der Waals surface area contributed by atoms with Crippen molar-refractivity contribution < 1.29 is 4.79 Å². The number of carbonyl (C=O) groups excluding carboxylic acids is 1. The molecule has 0 bridgehead atoms. The summed E-state index contributed by atoms with van der Waals surface area (Å²) in [5, 5.41) is 0. The smallest absolute Gasteiger partial charge is 0.269 e. The van der Waals surface area contributed by atoms with Crippen molar-refractivity contribution in [1.29, 1.82) is 0 Å². The van der Waals surface area contributed by atoms with Crippen LogP contribution in [0.1, 0.15) is 16.1 Å². The fraction of sp³-hybridized carbons (Fsp3) is 0. The summed E-state index contributed by atoms with van der Waals surface area (Å²) in [4.78, 5) is 16.0. The predicted molar refractivity (Wildman–Crippen MR) is 78.0 cm³/mol. The zero-order valence-electron chi connectivity index (χ0n) is 10.1. The van der Waals surface area contributed by atoms with Gasteiger partial charge in [-0.3, -0.25) is 20.6 Å². The standard InChI is InChI=1S/C14H12BrN3O/c1-10(13-4-2-3-9-16-13)17-18-14(19)11-5-7-12(15)8-6-11/h2-9,17H,1H2,(H,18,19). The molecule has 96 valence electrons. The fourth-order valence-corrected chi connectivity index (χ4v) is 1.68. The number of nitrogens with zero attached hydrogens (tertiary/aromatic N) is 1. The predicted octanol–water partition coefficient (Wildman–Crippen LogP) is 2.75. The van der Waals surface area contributed by atoms with E-state index in [1.54, 1.807) is 24.4 Å². The molecule has 1 amide bonds. The number of aromatic nitrogens is 1. The first-order chi connectivity index (χ1) is 9.16. The molecule has 0 fully saturated rings. The first-order valence-electron chi connectivity index (χ1n) is 5.59. The fourth-order valence-electron chi connectivity index (χ4n) is 1.41. The van der Waals surface area contributed by atoms with Crippen molar-refractivity contribution in [3.63, 3.8) is 0 Å². The van der Waals surface area contributed by atoms with Crippen LogP contribution in [0.3, 0.4) is 0 Å².